The summed E-state index contributed by atoms with van der Waals surface area (Å²) in [5, 5.41) is 3.01. The average molecular weight is 315 g/mol. The van der Waals surface area contributed by atoms with Gasteiger partial charge in [0.25, 0.3) is 0 Å². The van der Waals surface area contributed by atoms with Crippen LogP contribution in [0.4, 0.5) is 4.39 Å². The number of imidazole rings is 1. The molecule has 2 aromatic rings. The van der Waals surface area contributed by atoms with Crippen LogP contribution >= 0.6 is 0 Å². The Hall–Kier alpha value is -2.17. The highest BCUT2D eigenvalue weighted by atomic mass is 19.1. The molecule has 0 radical (unpaired) electrons. The summed E-state index contributed by atoms with van der Waals surface area (Å²) in [5.74, 6) is -0.311. The fourth-order valence-electron chi connectivity index (χ4n) is 3.50. The number of nitrogens with zero attached hydrogens (tertiary/aromatic N) is 2. The molecule has 1 fully saturated rings. The maximum atomic E-state index is 14.2. The van der Waals surface area contributed by atoms with Crippen molar-refractivity contribution in [3.05, 3.63) is 54.4 Å². The topological polar surface area (TPSA) is 46.9 Å². The fourth-order valence-corrected chi connectivity index (χ4v) is 3.50. The summed E-state index contributed by atoms with van der Waals surface area (Å²) in [5.41, 5.74) is -0.148. The Kier molecular flexibility index (Phi) is 4.74. The lowest BCUT2D eigenvalue weighted by molar-refractivity contribution is -0.126. The molecule has 0 unspecified atom stereocenters. The lowest BCUT2D eigenvalue weighted by Crippen LogP contribution is -2.43. The Bertz CT molecular complexity index is 648. The van der Waals surface area contributed by atoms with E-state index in [1.54, 1.807) is 24.7 Å². The van der Waals surface area contributed by atoms with Crippen LogP contribution < -0.4 is 5.32 Å². The van der Waals surface area contributed by atoms with Crippen molar-refractivity contribution in [2.45, 2.75) is 44.1 Å². The van der Waals surface area contributed by atoms with Gasteiger partial charge in [0.1, 0.15) is 5.82 Å². The first-order chi connectivity index (χ1) is 11.2. The molecule has 1 aliphatic carbocycles. The molecule has 23 heavy (non-hydrogen) atoms. The third-order valence-electron chi connectivity index (χ3n) is 4.72. The van der Waals surface area contributed by atoms with Gasteiger partial charge in [-0.2, -0.15) is 0 Å². The van der Waals surface area contributed by atoms with Gasteiger partial charge in [0, 0.05) is 31.0 Å². The van der Waals surface area contributed by atoms with Crippen LogP contribution in [-0.4, -0.2) is 22.0 Å². The van der Waals surface area contributed by atoms with Gasteiger partial charge in [0.05, 0.1) is 11.7 Å². The van der Waals surface area contributed by atoms with Gasteiger partial charge in [-0.1, -0.05) is 31.0 Å². The van der Waals surface area contributed by atoms with Crippen LogP contribution in [0.15, 0.2) is 43.0 Å². The van der Waals surface area contributed by atoms with Gasteiger partial charge in [-0.15, -0.1) is 0 Å². The number of carbonyl (C=O) groups excluding carboxylic acids is 1. The predicted molar refractivity (Wildman–Crippen MR) is 86.4 cm³/mol. The lowest BCUT2D eigenvalue weighted by atomic mass is 9.77. The molecule has 3 rings (SSSR count). The molecule has 5 heteroatoms. The van der Waals surface area contributed by atoms with E-state index in [0.29, 0.717) is 12.1 Å². The first-order valence-corrected chi connectivity index (χ1v) is 8.21. The van der Waals surface area contributed by atoms with Gasteiger partial charge >= 0.3 is 0 Å². The standard InChI is InChI=1S/C18H22FN3O/c19-16-7-2-1-6-15(16)18(8-3-4-9-18)17(23)21-10-5-12-22-13-11-20-14-22/h1-2,6-7,11,13-14H,3-5,8-10,12H2,(H,21,23). The van der Waals surface area contributed by atoms with Crippen LogP contribution in [0.25, 0.3) is 0 Å². The van der Waals surface area contributed by atoms with Crippen molar-refractivity contribution in [1.29, 1.82) is 0 Å². The fraction of sp³-hybridized carbons (Fsp3) is 0.444. The summed E-state index contributed by atoms with van der Waals surface area (Å²) in [6.07, 6.45) is 9.62. The van der Waals surface area contributed by atoms with Crippen LogP contribution in [0.5, 0.6) is 0 Å². The van der Waals surface area contributed by atoms with Gasteiger partial charge in [-0.25, -0.2) is 9.37 Å². The molecule has 1 saturated carbocycles. The third kappa shape index (κ3) is 3.28. The van der Waals surface area contributed by atoms with Gasteiger partial charge < -0.3 is 9.88 Å². The highest BCUT2D eigenvalue weighted by Gasteiger charge is 2.44. The van der Waals surface area contributed by atoms with Crippen LogP contribution in [0.2, 0.25) is 0 Å². The minimum absolute atomic E-state index is 0.0364. The second-order valence-corrected chi connectivity index (χ2v) is 6.18. The van der Waals surface area contributed by atoms with Crippen LogP contribution in [-0.2, 0) is 16.8 Å². The minimum Gasteiger partial charge on any atom is -0.355 e. The van der Waals surface area contributed by atoms with E-state index in [-0.39, 0.29) is 11.7 Å². The van der Waals surface area contributed by atoms with E-state index < -0.39 is 5.41 Å². The summed E-state index contributed by atoms with van der Waals surface area (Å²) in [7, 11) is 0. The van der Waals surface area contributed by atoms with Crippen LogP contribution in [0.3, 0.4) is 0 Å². The molecule has 4 nitrogen and oxygen atoms in total. The molecule has 0 atom stereocenters. The zero-order valence-corrected chi connectivity index (χ0v) is 13.2. The quantitative estimate of drug-likeness (QED) is 0.833. The first-order valence-electron chi connectivity index (χ1n) is 8.21. The van der Waals surface area contributed by atoms with E-state index in [1.165, 1.54) is 6.07 Å². The third-order valence-corrected chi connectivity index (χ3v) is 4.72. The normalized spacial score (nSPS) is 16.4. The van der Waals surface area contributed by atoms with Crippen molar-refractivity contribution in [2.75, 3.05) is 6.54 Å². The number of hydrogen-bond donors (Lipinski definition) is 1. The number of nitrogens with one attached hydrogen (secondary N) is 1. The molecule has 0 saturated heterocycles. The second-order valence-electron chi connectivity index (χ2n) is 6.18. The van der Waals surface area contributed by atoms with E-state index in [0.717, 1.165) is 38.6 Å². The number of hydrogen-bond acceptors (Lipinski definition) is 2. The Balaban J connectivity index is 1.64. The molecule has 122 valence electrons. The minimum atomic E-state index is -0.694. The monoisotopic (exact) mass is 315 g/mol. The number of aromatic nitrogens is 2. The molecule has 0 bridgehead atoms. The SMILES string of the molecule is O=C(NCCCn1ccnc1)C1(c2ccccc2F)CCCC1. The van der Waals surface area contributed by atoms with Crippen molar-refractivity contribution >= 4 is 5.91 Å². The molecule has 0 spiro atoms. The highest BCUT2D eigenvalue weighted by Crippen LogP contribution is 2.42. The molecular weight excluding hydrogens is 293 g/mol. The zero-order chi connectivity index (χ0) is 16.1. The Morgan fingerprint density at radius 1 is 1.30 bits per heavy atom. The molecule has 1 N–H and O–H groups in total. The average Bonchev–Trinajstić information content (AvgIpc) is 3.24. The van der Waals surface area contributed by atoms with Crippen molar-refractivity contribution in [1.82, 2.24) is 14.9 Å². The Labute approximate surface area is 135 Å². The molecule has 1 aromatic heterocycles. The van der Waals surface area contributed by atoms with Crippen molar-refractivity contribution in [3.8, 4) is 0 Å². The van der Waals surface area contributed by atoms with Crippen LogP contribution in [0.1, 0.15) is 37.7 Å². The maximum absolute atomic E-state index is 14.2. The number of carbonyl (C=O) groups is 1. The van der Waals surface area contributed by atoms with Gasteiger partial charge in [0.2, 0.25) is 5.91 Å². The maximum Gasteiger partial charge on any atom is 0.230 e. The number of aryl methyl sites for hydroxylation is 1. The molecule has 0 aliphatic heterocycles. The Morgan fingerprint density at radius 2 is 2.09 bits per heavy atom. The van der Waals surface area contributed by atoms with Gasteiger partial charge in [0.15, 0.2) is 0 Å². The Morgan fingerprint density at radius 3 is 2.78 bits per heavy atom. The van der Waals surface area contributed by atoms with Crippen molar-refractivity contribution < 1.29 is 9.18 Å². The van der Waals surface area contributed by atoms with Crippen molar-refractivity contribution in [3.63, 3.8) is 0 Å². The summed E-state index contributed by atoms with van der Waals surface area (Å²) in [4.78, 5) is 16.8. The number of amides is 1. The highest BCUT2D eigenvalue weighted by molar-refractivity contribution is 5.88. The predicted octanol–water partition coefficient (Wildman–Crippen LogP) is 3.04. The number of benzene rings is 1. The van der Waals surface area contributed by atoms with E-state index >= 15 is 0 Å². The molecular formula is C18H22FN3O. The largest absolute Gasteiger partial charge is 0.355 e. The summed E-state index contributed by atoms with van der Waals surface area (Å²) in [6, 6.07) is 6.68. The van der Waals surface area contributed by atoms with Crippen LogP contribution in [0, 0.1) is 5.82 Å². The molecule has 1 aromatic carbocycles. The van der Waals surface area contributed by atoms with Crippen molar-refractivity contribution in [2.24, 2.45) is 0 Å². The zero-order valence-electron chi connectivity index (χ0n) is 13.2. The van der Waals surface area contributed by atoms with E-state index in [9.17, 15) is 9.18 Å². The van der Waals surface area contributed by atoms with E-state index in [1.807, 2.05) is 16.8 Å². The van der Waals surface area contributed by atoms with E-state index in [4.69, 9.17) is 0 Å². The summed E-state index contributed by atoms with van der Waals surface area (Å²) < 4.78 is 16.2. The summed E-state index contributed by atoms with van der Waals surface area (Å²) in [6.45, 7) is 1.40. The number of halogens is 1. The second kappa shape index (κ2) is 6.94. The summed E-state index contributed by atoms with van der Waals surface area (Å²) >= 11 is 0. The first kappa shape index (κ1) is 15.7. The number of rotatable bonds is 6. The van der Waals surface area contributed by atoms with Gasteiger partial charge in [-0.3, -0.25) is 4.79 Å². The smallest absolute Gasteiger partial charge is 0.230 e. The van der Waals surface area contributed by atoms with Gasteiger partial charge in [-0.05, 0) is 25.3 Å². The molecule has 1 heterocycles. The lowest BCUT2D eigenvalue weighted by Gasteiger charge is -2.28. The van der Waals surface area contributed by atoms with E-state index in [2.05, 4.69) is 10.3 Å². The molecule has 1 aliphatic rings. The molecule has 1 amide bonds.